The second-order valence-corrected chi connectivity index (χ2v) is 6.84. The summed E-state index contributed by atoms with van der Waals surface area (Å²) in [7, 11) is 3.85. The normalized spacial score (nSPS) is 10.3. The number of hydrogen-bond donors (Lipinski definition) is 2. The van der Waals surface area contributed by atoms with Crippen LogP contribution in [-0.4, -0.2) is 35.8 Å². The molecule has 2 aromatic carbocycles. The van der Waals surface area contributed by atoms with E-state index >= 15 is 0 Å². The lowest BCUT2D eigenvalue weighted by atomic mass is 10.1. The van der Waals surface area contributed by atoms with Crippen LogP contribution in [0.2, 0.25) is 0 Å². The number of ketones is 1. The second kappa shape index (κ2) is 8.52. The van der Waals surface area contributed by atoms with Gasteiger partial charge in [-0.3, -0.25) is 9.59 Å². The summed E-state index contributed by atoms with van der Waals surface area (Å²) in [6.45, 7) is 3.34. The average Bonchev–Trinajstić information content (AvgIpc) is 2.69. The number of nitrogens with zero attached hydrogens (tertiary/aromatic N) is 3. The first-order valence-corrected chi connectivity index (χ1v) is 9.14. The van der Waals surface area contributed by atoms with Gasteiger partial charge >= 0.3 is 0 Å². The van der Waals surface area contributed by atoms with Crippen molar-refractivity contribution in [1.29, 1.82) is 0 Å². The Labute approximate surface area is 169 Å². The van der Waals surface area contributed by atoms with Gasteiger partial charge in [-0.1, -0.05) is 12.1 Å². The molecule has 148 valence electrons. The van der Waals surface area contributed by atoms with Crippen LogP contribution in [0.4, 0.5) is 23.0 Å². The van der Waals surface area contributed by atoms with Crippen molar-refractivity contribution in [3.05, 3.63) is 71.5 Å². The maximum Gasteiger partial charge on any atom is 0.255 e. The Bertz CT molecular complexity index is 1030. The summed E-state index contributed by atoms with van der Waals surface area (Å²) in [6, 6.07) is 15.8. The SMILES string of the molecule is CC(=O)c1ccc(C(=O)Nc2ccc(Nc3cc(N(C)C)nc(C)n3)cc2)cc1. The third-order valence-electron chi connectivity index (χ3n) is 4.25. The highest BCUT2D eigenvalue weighted by Gasteiger charge is 2.08. The molecule has 0 atom stereocenters. The van der Waals surface area contributed by atoms with Crippen LogP contribution in [0.1, 0.15) is 33.5 Å². The predicted octanol–water partition coefficient (Wildman–Crippen LogP) is 4.05. The molecule has 1 amide bonds. The molecule has 0 spiro atoms. The molecule has 0 aliphatic rings. The highest BCUT2D eigenvalue weighted by molar-refractivity contribution is 6.05. The summed E-state index contributed by atoms with van der Waals surface area (Å²) in [5.41, 5.74) is 2.58. The molecule has 0 fully saturated rings. The summed E-state index contributed by atoms with van der Waals surface area (Å²) in [6.07, 6.45) is 0. The summed E-state index contributed by atoms with van der Waals surface area (Å²) in [4.78, 5) is 34.4. The molecule has 0 aliphatic carbocycles. The van der Waals surface area contributed by atoms with Crippen LogP contribution in [0.5, 0.6) is 0 Å². The highest BCUT2D eigenvalue weighted by Crippen LogP contribution is 2.21. The minimum absolute atomic E-state index is 0.0309. The standard InChI is InChI=1S/C22H23N5O2/c1-14(28)16-5-7-17(8-6-16)22(29)26-19-11-9-18(10-12-19)25-20-13-21(27(3)4)24-15(2)23-20/h5-13H,1-4H3,(H,26,29)(H,23,24,25). The van der Waals surface area contributed by atoms with E-state index in [1.807, 2.05) is 56.3 Å². The Balaban J connectivity index is 1.67. The van der Waals surface area contributed by atoms with E-state index in [-0.39, 0.29) is 11.7 Å². The second-order valence-electron chi connectivity index (χ2n) is 6.84. The first kappa shape index (κ1) is 20.0. The number of anilines is 4. The summed E-state index contributed by atoms with van der Waals surface area (Å²) >= 11 is 0. The number of aromatic nitrogens is 2. The molecule has 1 heterocycles. The van der Waals surface area contributed by atoms with Gasteiger partial charge in [-0.25, -0.2) is 9.97 Å². The number of rotatable bonds is 6. The quantitative estimate of drug-likeness (QED) is 0.619. The minimum Gasteiger partial charge on any atom is -0.363 e. The lowest BCUT2D eigenvalue weighted by molar-refractivity contribution is 0.101. The minimum atomic E-state index is -0.233. The third kappa shape index (κ3) is 5.16. The molecule has 7 nitrogen and oxygen atoms in total. The van der Waals surface area contributed by atoms with Gasteiger partial charge in [0.2, 0.25) is 0 Å². The van der Waals surface area contributed by atoms with E-state index in [4.69, 9.17) is 0 Å². The third-order valence-corrected chi connectivity index (χ3v) is 4.25. The monoisotopic (exact) mass is 389 g/mol. The molecule has 7 heteroatoms. The Morgan fingerprint density at radius 2 is 1.45 bits per heavy atom. The van der Waals surface area contributed by atoms with Crippen molar-refractivity contribution in [2.75, 3.05) is 29.6 Å². The summed E-state index contributed by atoms with van der Waals surface area (Å²) in [5, 5.41) is 6.09. The fourth-order valence-corrected chi connectivity index (χ4v) is 2.69. The summed E-state index contributed by atoms with van der Waals surface area (Å²) < 4.78 is 0. The van der Waals surface area contributed by atoms with E-state index in [9.17, 15) is 9.59 Å². The number of benzene rings is 2. The molecule has 3 aromatic rings. The van der Waals surface area contributed by atoms with Crippen molar-refractivity contribution in [3.63, 3.8) is 0 Å². The van der Waals surface area contributed by atoms with Crippen LogP contribution in [0.3, 0.4) is 0 Å². The Morgan fingerprint density at radius 1 is 0.862 bits per heavy atom. The van der Waals surface area contributed by atoms with Crippen LogP contribution >= 0.6 is 0 Å². The van der Waals surface area contributed by atoms with Crippen molar-refractivity contribution < 1.29 is 9.59 Å². The van der Waals surface area contributed by atoms with Gasteiger partial charge in [0.05, 0.1) is 0 Å². The molecule has 29 heavy (non-hydrogen) atoms. The van der Waals surface area contributed by atoms with Crippen LogP contribution < -0.4 is 15.5 Å². The van der Waals surface area contributed by atoms with Gasteiger partial charge in [0.25, 0.3) is 5.91 Å². The Morgan fingerprint density at radius 3 is 2.03 bits per heavy atom. The number of carbonyl (C=O) groups is 2. The fraction of sp³-hybridized carbons (Fsp3) is 0.182. The van der Waals surface area contributed by atoms with E-state index in [2.05, 4.69) is 20.6 Å². The zero-order valence-corrected chi connectivity index (χ0v) is 16.9. The van der Waals surface area contributed by atoms with E-state index < -0.39 is 0 Å². The average molecular weight is 389 g/mol. The van der Waals surface area contributed by atoms with Crippen LogP contribution in [0.25, 0.3) is 0 Å². The van der Waals surface area contributed by atoms with E-state index in [1.165, 1.54) is 6.92 Å². The zero-order valence-electron chi connectivity index (χ0n) is 16.9. The van der Waals surface area contributed by atoms with Gasteiger partial charge in [-0.15, -0.1) is 0 Å². The topological polar surface area (TPSA) is 87.2 Å². The van der Waals surface area contributed by atoms with Gasteiger partial charge in [0.15, 0.2) is 5.78 Å². The van der Waals surface area contributed by atoms with E-state index in [0.29, 0.717) is 28.5 Å². The number of amides is 1. The van der Waals surface area contributed by atoms with Crippen LogP contribution in [-0.2, 0) is 0 Å². The van der Waals surface area contributed by atoms with Crippen molar-refractivity contribution in [2.45, 2.75) is 13.8 Å². The maximum atomic E-state index is 12.4. The molecular formula is C22H23N5O2. The molecule has 2 N–H and O–H groups in total. The molecule has 0 radical (unpaired) electrons. The Kier molecular flexibility index (Phi) is 5.87. The molecule has 3 rings (SSSR count). The first-order valence-electron chi connectivity index (χ1n) is 9.14. The van der Waals surface area contributed by atoms with Crippen molar-refractivity contribution >= 4 is 34.7 Å². The van der Waals surface area contributed by atoms with E-state index in [1.54, 1.807) is 24.3 Å². The number of carbonyl (C=O) groups excluding carboxylic acids is 2. The number of aryl methyl sites for hydroxylation is 1. The first-order chi connectivity index (χ1) is 13.8. The molecule has 0 aliphatic heterocycles. The molecular weight excluding hydrogens is 366 g/mol. The van der Waals surface area contributed by atoms with E-state index in [0.717, 1.165) is 11.5 Å². The van der Waals surface area contributed by atoms with Crippen molar-refractivity contribution in [1.82, 2.24) is 9.97 Å². The Hall–Kier alpha value is -3.74. The zero-order chi connectivity index (χ0) is 21.0. The molecule has 0 saturated heterocycles. The lowest BCUT2D eigenvalue weighted by Gasteiger charge is -2.14. The summed E-state index contributed by atoms with van der Waals surface area (Å²) in [5.74, 6) is 1.93. The van der Waals surface area contributed by atoms with Gasteiger partial charge in [0, 0.05) is 42.7 Å². The molecule has 0 bridgehead atoms. The molecule has 1 aromatic heterocycles. The largest absolute Gasteiger partial charge is 0.363 e. The van der Waals surface area contributed by atoms with Gasteiger partial charge in [0.1, 0.15) is 17.5 Å². The van der Waals surface area contributed by atoms with Gasteiger partial charge in [-0.05, 0) is 50.2 Å². The lowest BCUT2D eigenvalue weighted by Crippen LogP contribution is -2.12. The molecule has 0 unspecified atom stereocenters. The number of nitrogens with one attached hydrogen (secondary N) is 2. The van der Waals surface area contributed by atoms with Crippen LogP contribution in [0.15, 0.2) is 54.6 Å². The van der Waals surface area contributed by atoms with Crippen molar-refractivity contribution in [3.8, 4) is 0 Å². The van der Waals surface area contributed by atoms with Gasteiger partial charge < -0.3 is 15.5 Å². The fourth-order valence-electron chi connectivity index (χ4n) is 2.69. The van der Waals surface area contributed by atoms with Crippen molar-refractivity contribution in [2.24, 2.45) is 0 Å². The van der Waals surface area contributed by atoms with Gasteiger partial charge in [-0.2, -0.15) is 0 Å². The smallest absolute Gasteiger partial charge is 0.255 e. The maximum absolute atomic E-state index is 12.4. The predicted molar refractivity (Wildman–Crippen MR) is 115 cm³/mol. The number of Topliss-reactive ketones (excluding diaryl/α,β-unsaturated/α-hetero) is 1. The highest BCUT2D eigenvalue weighted by atomic mass is 16.1. The molecule has 0 saturated carbocycles. The number of hydrogen-bond acceptors (Lipinski definition) is 6. The van der Waals surface area contributed by atoms with Crippen LogP contribution in [0, 0.1) is 6.92 Å².